The van der Waals surface area contributed by atoms with Crippen molar-refractivity contribution in [2.45, 2.75) is 0 Å². The summed E-state index contributed by atoms with van der Waals surface area (Å²) < 4.78 is 6.94. The highest BCUT2D eigenvalue weighted by Crippen LogP contribution is 2.16. The molecule has 2 heterocycles. The lowest BCUT2D eigenvalue weighted by Gasteiger charge is -2.10. The van der Waals surface area contributed by atoms with E-state index < -0.39 is 17.2 Å². The van der Waals surface area contributed by atoms with E-state index in [2.05, 4.69) is 10.3 Å². The molecule has 8 heteroatoms. The van der Waals surface area contributed by atoms with E-state index in [1.54, 1.807) is 0 Å². The first-order valence-electron chi connectivity index (χ1n) is 5.81. The van der Waals surface area contributed by atoms with Crippen molar-refractivity contribution in [1.29, 1.82) is 0 Å². The van der Waals surface area contributed by atoms with Gasteiger partial charge in [0.1, 0.15) is 12.0 Å². The number of hydrogen-bond donors (Lipinski definition) is 1. The average Bonchev–Trinajstić information content (AvgIpc) is 2.43. The van der Waals surface area contributed by atoms with E-state index in [0.29, 0.717) is 5.69 Å². The molecule has 0 saturated heterocycles. The Morgan fingerprint density at radius 1 is 1.35 bits per heavy atom. The first kappa shape index (κ1) is 13.9. The molecule has 0 aliphatic carbocycles. The van der Waals surface area contributed by atoms with Crippen LogP contribution < -0.4 is 16.6 Å². The molecule has 106 valence electrons. The van der Waals surface area contributed by atoms with Gasteiger partial charge in [-0.15, -0.1) is 0 Å². The van der Waals surface area contributed by atoms with Gasteiger partial charge in [0.25, 0.3) is 5.56 Å². The maximum absolute atomic E-state index is 12.2. The van der Waals surface area contributed by atoms with Crippen LogP contribution in [0.15, 0.2) is 21.9 Å². The number of pyridine rings is 1. The van der Waals surface area contributed by atoms with Crippen LogP contribution in [0.2, 0.25) is 0 Å². The molecule has 0 radical (unpaired) electrons. The second-order valence-corrected chi connectivity index (χ2v) is 4.24. The number of carbonyl (C=O) groups is 1. The molecular weight excluding hydrogens is 264 g/mol. The minimum Gasteiger partial charge on any atom is -0.375 e. The van der Waals surface area contributed by atoms with Crippen LogP contribution in [0.5, 0.6) is 0 Å². The number of nitrogens with zero attached hydrogens (tertiary/aromatic N) is 3. The highest BCUT2D eigenvalue weighted by molar-refractivity contribution is 6.00. The van der Waals surface area contributed by atoms with Gasteiger partial charge < -0.3 is 10.1 Å². The normalized spacial score (nSPS) is 10.8. The maximum atomic E-state index is 12.2. The Hall–Kier alpha value is -2.48. The number of hydrogen-bond acceptors (Lipinski definition) is 5. The molecule has 0 saturated carbocycles. The standard InChI is InChI=1S/C12H14N4O4/c1-15-10-9(11(18)16(2)12(15)19)7(4-5-13-10)14-8(17)6-20-3/h4-5H,6H2,1-3H3,(H,13,14,17). The lowest BCUT2D eigenvalue weighted by molar-refractivity contribution is -0.119. The van der Waals surface area contributed by atoms with E-state index in [1.165, 1.54) is 38.0 Å². The van der Waals surface area contributed by atoms with E-state index >= 15 is 0 Å². The van der Waals surface area contributed by atoms with Gasteiger partial charge in [0.05, 0.1) is 5.69 Å². The van der Waals surface area contributed by atoms with Crippen molar-refractivity contribution in [3.8, 4) is 0 Å². The topological polar surface area (TPSA) is 95.2 Å². The molecule has 0 unspecified atom stereocenters. The molecule has 0 aliphatic rings. The third-order valence-corrected chi connectivity index (χ3v) is 2.89. The van der Waals surface area contributed by atoms with Crippen molar-refractivity contribution >= 4 is 22.6 Å². The zero-order valence-electron chi connectivity index (χ0n) is 11.3. The van der Waals surface area contributed by atoms with Gasteiger partial charge in [0, 0.05) is 27.4 Å². The van der Waals surface area contributed by atoms with Crippen molar-refractivity contribution in [3.63, 3.8) is 0 Å². The highest BCUT2D eigenvalue weighted by Gasteiger charge is 2.14. The van der Waals surface area contributed by atoms with Crippen molar-refractivity contribution in [2.24, 2.45) is 14.1 Å². The number of fused-ring (bicyclic) bond motifs is 1. The first-order chi connectivity index (χ1) is 9.47. The molecule has 2 aromatic heterocycles. The molecule has 0 bridgehead atoms. The SMILES string of the molecule is COCC(=O)Nc1ccnc2c1c(=O)n(C)c(=O)n2C. The Balaban J connectivity index is 2.72. The van der Waals surface area contributed by atoms with Crippen LogP contribution in [-0.4, -0.2) is 33.7 Å². The van der Waals surface area contributed by atoms with Crippen LogP contribution >= 0.6 is 0 Å². The largest absolute Gasteiger partial charge is 0.375 e. The summed E-state index contributed by atoms with van der Waals surface area (Å²) in [4.78, 5) is 39.6. The van der Waals surface area contributed by atoms with Crippen LogP contribution in [0.1, 0.15) is 0 Å². The third-order valence-electron chi connectivity index (χ3n) is 2.89. The number of methoxy groups -OCH3 is 1. The zero-order chi connectivity index (χ0) is 14.9. The predicted octanol–water partition coefficient (Wildman–Crippen LogP) is -0.783. The third kappa shape index (κ3) is 2.21. The van der Waals surface area contributed by atoms with E-state index in [9.17, 15) is 14.4 Å². The Bertz CT molecular complexity index is 790. The van der Waals surface area contributed by atoms with Crippen molar-refractivity contribution < 1.29 is 9.53 Å². The summed E-state index contributed by atoms with van der Waals surface area (Å²) in [5, 5.41) is 2.75. The molecule has 8 nitrogen and oxygen atoms in total. The van der Waals surface area contributed by atoms with Gasteiger partial charge in [-0.1, -0.05) is 0 Å². The Labute approximate surface area is 113 Å². The molecule has 1 amide bonds. The van der Waals surface area contributed by atoms with Gasteiger partial charge in [-0.3, -0.25) is 18.7 Å². The van der Waals surface area contributed by atoms with Gasteiger partial charge in [0.2, 0.25) is 5.91 Å². The summed E-state index contributed by atoms with van der Waals surface area (Å²) in [6.07, 6.45) is 1.42. The van der Waals surface area contributed by atoms with Crippen LogP contribution in [0.4, 0.5) is 5.69 Å². The second-order valence-electron chi connectivity index (χ2n) is 4.24. The van der Waals surface area contributed by atoms with E-state index in [0.717, 1.165) is 4.57 Å². The average molecular weight is 278 g/mol. The summed E-state index contributed by atoms with van der Waals surface area (Å²) in [5.74, 6) is -0.393. The van der Waals surface area contributed by atoms with Crippen LogP contribution in [0, 0.1) is 0 Å². The quantitative estimate of drug-likeness (QED) is 0.794. The fourth-order valence-corrected chi connectivity index (χ4v) is 1.91. The van der Waals surface area contributed by atoms with Gasteiger partial charge in [-0.25, -0.2) is 9.78 Å². The number of amides is 1. The number of nitrogens with one attached hydrogen (secondary N) is 1. The van der Waals surface area contributed by atoms with E-state index in [1.807, 2.05) is 0 Å². The first-order valence-corrected chi connectivity index (χ1v) is 5.81. The summed E-state index contributed by atoms with van der Waals surface area (Å²) in [7, 11) is 4.28. The van der Waals surface area contributed by atoms with Crippen molar-refractivity contribution in [1.82, 2.24) is 14.1 Å². The molecule has 1 N–H and O–H groups in total. The Morgan fingerprint density at radius 3 is 2.70 bits per heavy atom. The highest BCUT2D eigenvalue weighted by atomic mass is 16.5. The van der Waals surface area contributed by atoms with Crippen LogP contribution in [0.25, 0.3) is 11.0 Å². The lowest BCUT2D eigenvalue weighted by atomic mass is 10.2. The molecule has 0 spiro atoms. The van der Waals surface area contributed by atoms with Crippen LogP contribution in [-0.2, 0) is 23.6 Å². The van der Waals surface area contributed by atoms with E-state index in [4.69, 9.17) is 4.74 Å². The van der Waals surface area contributed by atoms with Crippen molar-refractivity contribution in [3.05, 3.63) is 33.1 Å². The molecular formula is C12H14N4O4. The summed E-state index contributed by atoms with van der Waals surface area (Å²) in [6.45, 7) is -0.129. The number of ether oxygens (including phenoxy) is 1. The molecule has 2 rings (SSSR count). The van der Waals surface area contributed by atoms with Gasteiger partial charge in [0.15, 0.2) is 5.65 Å². The fourth-order valence-electron chi connectivity index (χ4n) is 1.91. The molecule has 0 aliphatic heterocycles. The predicted molar refractivity (Wildman–Crippen MR) is 72.7 cm³/mol. The summed E-state index contributed by atoms with van der Waals surface area (Å²) >= 11 is 0. The molecule has 20 heavy (non-hydrogen) atoms. The minimum atomic E-state index is -0.510. The van der Waals surface area contributed by atoms with Gasteiger partial charge in [-0.2, -0.15) is 0 Å². The van der Waals surface area contributed by atoms with E-state index in [-0.39, 0.29) is 17.6 Å². The second kappa shape index (κ2) is 5.25. The zero-order valence-corrected chi connectivity index (χ0v) is 11.3. The molecule has 0 atom stereocenters. The monoisotopic (exact) mass is 278 g/mol. The molecule has 0 aromatic carbocycles. The minimum absolute atomic E-state index is 0.129. The smallest absolute Gasteiger partial charge is 0.332 e. The number of anilines is 1. The van der Waals surface area contributed by atoms with Gasteiger partial charge >= 0.3 is 5.69 Å². The van der Waals surface area contributed by atoms with Crippen LogP contribution in [0.3, 0.4) is 0 Å². The maximum Gasteiger partial charge on any atom is 0.332 e. The fraction of sp³-hybridized carbons (Fsp3) is 0.333. The molecule has 0 fully saturated rings. The number of aromatic nitrogens is 3. The number of rotatable bonds is 3. The molecule has 2 aromatic rings. The number of carbonyl (C=O) groups excluding carboxylic acids is 1. The Kier molecular flexibility index (Phi) is 3.66. The van der Waals surface area contributed by atoms with Crippen molar-refractivity contribution in [2.75, 3.05) is 19.0 Å². The summed E-state index contributed by atoms with van der Waals surface area (Å²) in [6, 6.07) is 1.50. The summed E-state index contributed by atoms with van der Waals surface area (Å²) in [5.41, 5.74) is -0.471. The number of aryl methyl sites for hydroxylation is 1. The Morgan fingerprint density at radius 2 is 2.05 bits per heavy atom. The van der Waals surface area contributed by atoms with Gasteiger partial charge in [-0.05, 0) is 6.07 Å². The lowest BCUT2D eigenvalue weighted by Crippen LogP contribution is -2.37.